The number of nitrogens with one attached hydrogen (secondary N) is 1. The Morgan fingerprint density at radius 2 is 1.63 bits per heavy atom. The molecule has 1 amide bonds. The minimum Gasteiger partial charge on any atom is -0.373 e. The summed E-state index contributed by atoms with van der Waals surface area (Å²) in [6.45, 7) is 0.459. The van der Waals surface area contributed by atoms with Crippen molar-refractivity contribution in [3.63, 3.8) is 0 Å². The topological polar surface area (TPSA) is 75.7 Å². The highest BCUT2D eigenvalue weighted by atomic mass is 32.2. The third kappa shape index (κ3) is 4.29. The van der Waals surface area contributed by atoms with E-state index in [0.29, 0.717) is 18.4 Å². The van der Waals surface area contributed by atoms with E-state index in [0.717, 1.165) is 19.3 Å². The molecule has 1 heterocycles. The molecular weight excluding hydrogens is 400 g/mol. The van der Waals surface area contributed by atoms with Crippen molar-refractivity contribution in [2.75, 3.05) is 20.2 Å². The molecule has 1 saturated carbocycles. The number of fused-ring (bicyclic) bond motifs is 1. The number of sulfonamides is 1. The van der Waals surface area contributed by atoms with Gasteiger partial charge in [-0.3, -0.25) is 4.79 Å². The molecule has 4 atom stereocenters. The second-order valence-corrected chi connectivity index (χ2v) is 10.0. The van der Waals surface area contributed by atoms with E-state index in [2.05, 4.69) is 17.4 Å². The van der Waals surface area contributed by atoms with Gasteiger partial charge in [-0.05, 0) is 48.8 Å². The van der Waals surface area contributed by atoms with Crippen molar-refractivity contribution in [1.29, 1.82) is 0 Å². The van der Waals surface area contributed by atoms with E-state index < -0.39 is 10.0 Å². The summed E-state index contributed by atoms with van der Waals surface area (Å²) >= 11 is 0. The normalized spacial score (nSPS) is 26.3. The average Bonchev–Trinajstić information content (AvgIpc) is 3.21. The molecular formula is C23H28N2O4S. The number of carbonyl (C=O) groups excluding carboxylic acids is 1. The number of amides is 1. The lowest BCUT2D eigenvalue weighted by Crippen LogP contribution is -2.45. The maximum atomic E-state index is 13.4. The second-order valence-electron chi connectivity index (χ2n) is 8.15. The van der Waals surface area contributed by atoms with Crippen LogP contribution in [0.5, 0.6) is 0 Å². The summed E-state index contributed by atoms with van der Waals surface area (Å²) in [6.07, 6.45) is 2.39. The summed E-state index contributed by atoms with van der Waals surface area (Å²) in [5.41, 5.74) is 1.17. The Kier molecular flexibility index (Phi) is 6.22. The minimum atomic E-state index is -3.77. The van der Waals surface area contributed by atoms with Gasteiger partial charge < -0.3 is 10.1 Å². The molecule has 2 aliphatic rings. The van der Waals surface area contributed by atoms with Crippen molar-refractivity contribution in [3.8, 4) is 0 Å². The highest BCUT2D eigenvalue weighted by Gasteiger charge is 2.45. The fourth-order valence-electron chi connectivity index (χ4n) is 4.75. The molecule has 30 heavy (non-hydrogen) atoms. The van der Waals surface area contributed by atoms with Crippen LogP contribution in [0.3, 0.4) is 0 Å². The zero-order chi connectivity index (χ0) is 21.1. The predicted octanol–water partition coefficient (Wildman–Crippen LogP) is 2.98. The minimum absolute atomic E-state index is 0.0457. The van der Waals surface area contributed by atoms with Gasteiger partial charge in [0.1, 0.15) is 0 Å². The molecule has 1 aliphatic heterocycles. The van der Waals surface area contributed by atoms with Crippen LogP contribution in [-0.4, -0.2) is 44.9 Å². The number of carbonyl (C=O) groups is 1. The van der Waals surface area contributed by atoms with Crippen molar-refractivity contribution in [3.05, 3.63) is 66.2 Å². The Bertz CT molecular complexity index is 965. The van der Waals surface area contributed by atoms with Crippen LogP contribution < -0.4 is 5.32 Å². The fourth-order valence-corrected chi connectivity index (χ4v) is 6.37. The molecule has 0 aromatic heterocycles. The lowest BCUT2D eigenvalue weighted by molar-refractivity contribution is -0.121. The average molecular weight is 429 g/mol. The smallest absolute Gasteiger partial charge is 0.243 e. The molecule has 1 saturated heterocycles. The molecule has 6 nitrogen and oxygen atoms in total. The molecule has 0 spiro atoms. The standard InChI is InChI=1S/C23H28N2O4S/c1-24-23(26)15-25(30(27,28)21-10-6-3-7-11-21)20-12-18-14-22(29-16-19(18)13-20)17-8-4-2-5-9-17/h2-11,18-20,22H,12-16H2,1H3,(H,24,26)/t18-,19+,20-,22-/m0/s1. The largest absolute Gasteiger partial charge is 0.373 e. The van der Waals surface area contributed by atoms with Gasteiger partial charge in [0.15, 0.2) is 0 Å². The van der Waals surface area contributed by atoms with E-state index in [1.807, 2.05) is 18.2 Å². The Morgan fingerprint density at radius 1 is 1.00 bits per heavy atom. The molecule has 0 radical (unpaired) electrons. The van der Waals surface area contributed by atoms with Gasteiger partial charge in [-0.25, -0.2) is 8.42 Å². The fraction of sp³-hybridized carbons (Fsp3) is 0.435. The number of benzene rings is 2. The third-order valence-electron chi connectivity index (χ3n) is 6.35. The summed E-state index contributed by atoms with van der Waals surface area (Å²) < 4.78 is 34.3. The van der Waals surface area contributed by atoms with E-state index in [1.54, 1.807) is 30.3 Å². The highest BCUT2D eigenvalue weighted by Crippen LogP contribution is 2.45. The Hall–Kier alpha value is -2.22. The molecule has 2 fully saturated rings. The van der Waals surface area contributed by atoms with Crippen molar-refractivity contribution in [2.24, 2.45) is 11.8 Å². The maximum absolute atomic E-state index is 13.4. The van der Waals surface area contributed by atoms with Gasteiger partial charge in [0.2, 0.25) is 15.9 Å². The lowest BCUT2D eigenvalue weighted by atomic mass is 9.86. The van der Waals surface area contributed by atoms with Crippen molar-refractivity contribution in [1.82, 2.24) is 9.62 Å². The van der Waals surface area contributed by atoms with Gasteiger partial charge in [0, 0.05) is 13.1 Å². The zero-order valence-corrected chi connectivity index (χ0v) is 17.9. The molecule has 0 bridgehead atoms. The van der Waals surface area contributed by atoms with Crippen LogP contribution in [0.15, 0.2) is 65.6 Å². The van der Waals surface area contributed by atoms with E-state index in [4.69, 9.17) is 4.74 Å². The van der Waals surface area contributed by atoms with Gasteiger partial charge in [0.25, 0.3) is 0 Å². The molecule has 1 aliphatic carbocycles. The number of ether oxygens (including phenoxy) is 1. The summed E-state index contributed by atoms with van der Waals surface area (Å²) in [7, 11) is -2.24. The van der Waals surface area contributed by atoms with Gasteiger partial charge in [-0.1, -0.05) is 48.5 Å². The van der Waals surface area contributed by atoms with E-state index in [-0.39, 0.29) is 29.5 Å². The van der Waals surface area contributed by atoms with Crippen LogP contribution in [0.25, 0.3) is 0 Å². The van der Waals surface area contributed by atoms with E-state index in [9.17, 15) is 13.2 Å². The Balaban J connectivity index is 1.55. The molecule has 7 heteroatoms. The Labute approximate surface area is 178 Å². The number of likely N-dealkylation sites (N-methyl/N-ethyl adjacent to an activating group) is 1. The molecule has 160 valence electrons. The number of rotatable bonds is 6. The van der Waals surface area contributed by atoms with Gasteiger partial charge in [-0.2, -0.15) is 4.31 Å². The SMILES string of the molecule is CNC(=O)CN([C@@H]1C[C@@H]2CO[C@H](c3ccccc3)C[C@@H]2C1)S(=O)(=O)c1ccccc1. The highest BCUT2D eigenvalue weighted by molar-refractivity contribution is 7.89. The summed E-state index contributed by atoms with van der Waals surface area (Å²) in [5, 5.41) is 2.56. The first-order chi connectivity index (χ1) is 14.5. The van der Waals surface area contributed by atoms with Crippen LogP contribution >= 0.6 is 0 Å². The Morgan fingerprint density at radius 3 is 2.30 bits per heavy atom. The van der Waals surface area contributed by atoms with E-state index >= 15 is 0 Å². The first kappa shape index (κ1) is 21.0. The van der Waals surface area contributed by atoms with Gasteiger partial charge >= 0.3 is 0 Å². The molecule has 2 aromatic carbocycles. The predicted molar refractivity (Wildman–Crippen MR) is 114 cm³/mol. The van der Waals surface area contributed by atoms with Crippen LogP contribution in [0.2, 0.25) is 0 Å². The quantitative estimate of drug-likeness (QED) is 0.768. The summed E-state index contributed by atoms with van der Waals surface area (Å²) in [6, 6.07) is 18.3. The summed E-state index contributed by atoms with van der Waals surface area (Å²) in [5.74, 6) is 0.392. The number of nitrogens with zero attached hydrogens (tertiary/aromatic N) is 1. The second kappa shape index (κ2) is 8.88. The number of hydrogen-bond donors (Lipinski definition) is 1. The third-order valence-corrected chi connectivity index (χ3v) is 8.26. The van der Waals surface area contributed by atoms with E-state index in [1.165, 1.54) is 16.9 Å². The monoisotopic (exact) mass is 428 g/mol. The molecule has 4 rings (SSSR count). The van der Waals surface area contributed by atoms with Gasteiger partial charge in [-0.15, -0.1) is 0 Å². The van der Waals surface area contributed by atoms with Crippen LogP contribution in [-0.2, 0) is 19.6 Å². The first-order valence-electron chi connectivity index (χ1n) is 10.4. The van der Waals surface area contributed by atoms with Crippen molar-refractivity contribution < 1.29 is 17.9 Å². The van der Waals surface area contributed by atoms with Crippen molar-refractivity contribution >= 4 is 15.9 Å². The molecule has 1 N–H and O–H groups in total. The zero-order valence-electron chi connectivity index (χ0n) is 17.1. The van der Waals surface area contributed by atoms with Gasteiger partial charge in [0.05, 0.1) is 24.2 Å². The molecule has 0 unspecified atom stereocenters. The van der Waals surface area contributed by atoms with Crippen LogP contribution in [0.4, 0.5) is 0 Å². The maximum Gasteiger partial charge on any atom is 0.243 e. The van der Waals surface area contributed by atoms with Crippen molar-refractivity contribution in [2.45, 2.75) is 36.3 Å². The van der Waals surface area contributed by atoms with Crippen LogP contribution in [0.1, 0.15) is 30.9 Å². The van der Waals surface area contributed by atoms with Crippen LogP contribution in [0, 0.1) is 11.8 Å². The number of hydrogen-bond acceptors (Lipinski definition) is 4. The lowest BCUT2D eigenvalue weighted by Gasteiger charge is -2.32. The first-order valence-corrected chi connectivity index (χ1v) is 11.9. The molecule has 2 aromatic rings. The summed E-state index contributed by atoms with van der Waals surface area (Å²) in [4.78, 5) is 12.4.